The van der Waals surface area contributed by atoms with Crippen molar-refractivity contribution in [2.24, 2.45) is 5.73 Å². The second-order valence-corrected chi connectivity index (χ2v) is 3.17. The molecule has 0 radical (unpaired) electrons. The highest BCUT2D eigenvalue weighted by atomic mass is 19.3. The van der Waals surface area contributed by atoms with E-state index in [1.54, 1.807) is 0 Å². The number of alkyl halides is 2. The Morgan fingerprint density at radius 2 is 2.00 bits per heavy atom. The molecule has 0 aliphatic rings. The molecule has 1 nitrogen and oxygen atoms in total. The average molecular weight is 203 g/mol. The van der Waals surface area contributed by atoms with Gasteiger partial charge in [-0.1, -0.05) is 12.1 Å². The van der Waals surface area contributed by atoms with Gasteiger partial charge in [-0.2, -0.15) is 0 Å². The van der Waals surface area contributed by atoms with Crippen LogP contribution in [0.2, 0.25) is 0 Å². The summed E-state index contributed by atoms with van der Waals surface area (Å²) in [5.41, 5.74) is 4.77. The van der Waals surface area contributed by atoms with E-state index in [0.29, 0.717) is 0 Å². The van der Waals surface area contributed by atoms with Crippen LogP contribution in [0.3, 0.4) is 0 Å². The van der Waals surface area contributed by atoms with Crippen molar-refractivity contribution in [2.75, 3.05) is 6.54 Å². The fourth-order valence-electron chi connectivity index (χ4n) is 1.40. The molecule has 1 aromatic rings. The highest BCUT2D eigenvalue weighted by Gasteiger charge is 2.34. The molecule has 0 saturated heterocycles. The van der Waals surface area contributed by atoms with Gasteiger partial charge < -0.3 is 5.73 Å². The molecule has 1 aromatic carbocycles. The van der Waals surface area contributed by atoms with Crippen molar-refractivity contribution in [3.8, 4) is 0 Å². The van der Waals surface area contributed by atoms with E-state index in [1.165, 1.54) is 19.1 Å². The van der Waals surface area contributed by atoms with Crippen LogP contribution in [-0.2, 0) is 5.92 Å². The van der Waals surface area contributed by atoms with Gasteiger partial charge in [-0.3, -0.25) is 0 Å². The predicted molar refractivity (Wildman–Crippen MR) is 48.7 cm³/mol. The zero-order valence-corrected chi connectivity index (χ0v) is 7.86. The number of benzene rings is 1. The van der Waals surface area contributed by atoms with Crippen molar-refractivity contribution in [3.05, 3.63) is 35.1 Å². The lowest BCUT2D eigenvalue weighted by Crippen LogP contribution is -2.21. The third kappa shape index (κ3) is 2.07. The van der Waals surface area contributed by atoms with Gasteiger partial charge in [-0.25, -0.2) is 13.2 Å². The van der Waals surface area contributed by atoms with Crippen LogP contribution in [0.1, 0.15) is 17.5 Å². The molecule has 0 aromatic heterocycles. The van der Waals surface area contributed by atoms with Crippen molar-refractivity contribution in [3.63, 3.8) is 0 Å². The fraction of sp³-hybridized carbons (Fsp3) is 0.400. The van der Waals surface area contributed by atoms with E-state index in [4.69, 9.17) is 5.73 Å². The number of rotatable bonds is 3. The Balaban J connectivity index is 3.17. The lowest BCUT2D eigenvalue weighted by Gasteiger charge is -2.18. The molecule has 1 rings (SSSR count). The lowest BCUT2D eigenvalue weighted by atomic mass is 9.99. The molecule has 78 valence electrons. The number of aryl methyl sites for hydroxylation is 1. The van der Waals surface area contributed by atoms with Crippen LogP contribution < -0.4 is 5.73 Å². The van der Waals surface area contributed by atoms with E-state index in [9.17, 15) is 13.2 Å². The second-order valence-electron chi connectivity index (χ2n) is 3.17. The SMILES string of the molecule is Cc1cccc(F)c1C(F)(F)CCN. The minimum atomic E-state index is -3.18. The maximum absolute atomic E-state index is 13.4. The van der Waals surface area contributed by atoms with Gasteiger partial charge in [0.05, 0.1) is 5.56 Å². The van der Waals surface area contributed by atoms with Gasteiger partial charge in [0.2, 0.25) is 0 Å². The molecule has 0 heterocycles. The standard InChI is InChI=1S/C10H12F3N/c1-7-3-2-4-8(11)9(7)10(12,13)5-6-14/h2-4H,5-6,14H2,1H3. The highest BCUT2D eigenvalue weighted by Crippen LogP contribution is 2.34. The molecule has 0 bridgehead atoms. The molecule has 0 spiro atoms. The largest absolute Gasteiger partial charge is 0.330 e. The van der Waals surface area contributed by atoms with Crippen LogP contribution in [0.5, 0.6) is 0 Å². The Labute approximate surface area is 80.7 Å². The summed E-state index contributed by atoms with van der Waals surface area (Å²) < 4.78 is 39.9. The summed E-state index contributed by atoms with van der Waals surface area (Å²) >= 11 is 0. The Morgan fingerprint density at radius 1 is 1.36 bits per heavy atom. The van der Waals surface area contributed by atoms with Crippen LogP contribution in [-0.4, -0.2) is 6.54 Å². The van der Waals surface area contributed by atoms with Gasteiger partial charge in [0.15, 0.2) is 0 Å². The van der Waals surface area contributed by atoms with E-state index < -0.39 is 23.7 Å². The minimum Gasteiger partial charge on any atom is -0.330 e. The monoisotopic (exact) mass is 203 g/mol. The van der Waals surface area contributed by atoms with Crippen molar-refractivity contribution in [1.29, 1.82) is 0 Å². The van der Waals surface area contributed by atoms with E-state index >= 15 is 0 Å². The molecule has 0 atom stereocenters. The Morgan fingerprint density at radius 3 is 2.50 bits per heavy atom. The van der Waals surface area contributed by atoms with E-state index in [1.807, 2.05) is 0 Å². The van der Waals surface area contributed by atoms with E-state index in [-0.39, 0.29) is 12.1 Å². The van der Waals surface area contributed by atoms with Gasteiger partial charge in [-0.05, 0) is 25.1 Å². The third-order valence-corrected chi connectivity index (χ3v) is 2.05. The third-order valence-electron chi connectivity index (χ3n) is 2.05. The first-order chi connectivity index (χ1) is 6.49. The van der Waals surface area contributed by atoms with Crippen molar-refractivity contribution in [2.45, 2.75) is 19.3 Å². The zero-order chi connectivity index (χ0) is 10.8. The molecule has 0 unspecified atom stereocenters. The quantitative estimate of drug-likeness (QED) is 0.802. The predicted octanol–water partition coefficient (Wildman–Crippen LogP) is 2.57. The summed E-state index contributed by atoms with van der Waals surface area (Å²) in [7, 11) is 0. The van der Waals surface area contributed by atoms with Gasteiger partial charge in [-0.15, -0.1) is 0 Å². The summed E-state index contributed by atoms with van der Waals surface area (Å²) in [4.78, 5) is 0. The van der Waals surface area contributed by atoms with Crippen LogP contribution in [0.25, 0.3) is 0 Å². The van der Waals surface area contributed by atoms with Crippen molar-refractivity contribution in [1.82, 2.24) is 0 Å². The number of nitrogens with two attached hydrogens (primary N) is 1. The molecule has 0 aliphatic carbocycles. The summed E-state index contributed by atoms with van der Waals surface area (Å²) in [6.07, 6.45) is -0.533. The van der Waals surface area contributed by atoms with Crippen molar-refractivity contribution < 1.29 is 13.2 Å². The maximum atomic E-state index is 13.4. The van der Waals surface area contributed by atoms with Crippen LogP contribution in [0.15, 0.2) is 18.2 Å². The molecular formula is C10H12F3N. The first kappa shape index (κ1) is 11.0. The zero-order valence-electron chi connectivity index (χ0n) is 7.86. The van der Waals surface area contributed by atoms with Gasteiger partial charge >= 0.3 is 0 Å². The van der Waals surface area contributed by atoms with Gasteiger partial charge in [0.25, 0.3) is 5.92 Å². The number of hydrogen-bond donors (Lipinski definition) is 1. The molecular weight excluding hydrogens is 191 g/mol. The van der Waals surface area contributed by atoms with E-state index in [0.717, 1.165) is 6.07 Å². The van der Waals surface area contributed by atoms with E-state index in [2.05, 4.69) is 0 Å². The summed E-state index contributed by atoms with van der Waals surface area (Å²) in [5, 5.41) is 0. The number of hydrogen-bond acceptors (Lipinski definition) is 1. The molecule has 0 fully saturated rings. The topological polar surface area (TPSA) is 26.0 Å². The minimum absolute atomic E-state index is 0.166. The van der Waals surface area contributed by atoms with Crippen LogP contribution in [0.4, 0.5) is 13.2 Å². The van der Waals surface area contributed by atoms with Gasteiger partial charge in [0.1, 0.15) is 5.82 Å². The molecule has 0 saturated carbocycles. The average Bonchev–Trinajstić information content (AvgIpc) is 2.02. The lowest BCUT2D eigenvalue weighted by molar-refractivity contribution is -0.0147. The maximum Gasteiger partial charge on any atom is 0.277 e. The molecule has 14 heavy (non-hydrogen) atoms. The molecule has 2 N–H and O–H groups in total. The highest BCUT2D eigenvalue weighted by molar-refractivity contribution is 5.31. The first-order valence-electron chi connectivity index (χ1n) is 4.32. The van der Waals surface area contributed by atoms with Crippen LogP contribution in [0, 0.1) is 12.7 Å². The summed E-state index contributed by atoms with van der Waals surface area (Å²) in [6.45, 7) is 1.30. The second kappa shape index (κ2) is 4.00. The van der Waals surface area contributed by atoms with Crippen LogP contribution >= 0.6 is 0 Å². The Hall–Kier alpha value is -1.03. The smallest absolute Gasteiger partial charge is 0.277 e. The Bertz CT molecular complexity index is 303. The molecule has 4 heteroatoms. The van der Waals surface area contributed by atoms with Gasteiger partial charge in [0, 0.05) is 6.42 Å². The fourth-order valence-corrected chi connectivity index (χ4v) is 1.40. The Kier molecular flexibility index (Phi) is 3.16. The van der Waals surface area contributed by atoms with Crippen molar-refractivity contribution >= 4 is 0 Å². The summed E-state index contributed by atoms with van der Waals surface area (Å²) in [6, 6.07) is 3.91. The first-order valence-corrected chi connectivity index (χ1v) is 4.32. The summed E-state index contributed by atoms with van der Waals surface area (Å²) in [5.74, 6) is -4.05. The molecule has 0 amide bonds. The molecule has 0 aliphatic heterocycles. The number of halogens is 3. The normalized spacial score (nSPS) is 11.8.